The number of hydrogen-bond donors (Lipinski definition) is 2. The van der Waals surface area contributed by atoms with Gasteiger partial charge in [0.2, 0.25) is 0 Å². The maximum Gasteiger partial charge on any atom is 0.328 e. The van der Waals surface area contributed by atoms with Gasteiger partial charge in [-0.15, -0.1) is 0 Å². The molecule has 3 N–H and O–H groups in total. The van der Waals surface area contributed by atoms with Crippen LogP contribution in [0.5, 0.6) is 0 Å². The van der Waals surface area contributed by atoms with Crippen molar-refractivity contribution in [2.24, 2.45) is 0 Å². The first kappa shape index (κ1) is 16.5. The Balaban J connectivity index is 2.02. The number of benzene rings is 3. The van der Waals surface area contributed by atoms with E-state index in [1.165, 1.54) is 6.08 Å². The summed E-state index contributed by atoms with van der Waals surface area (Å²) in [7, 11) is 0. The second-order valence-corrected chi connectivity index (χ2v) is 5.91. The highest BCUT2D eigenvalue weighted by Gasteiger charge is 2.09. The number of aryl methyl sites for hydroxylation is 1. The van der Waals surface area contributed by atoms with Gasteiger partial charge < -0.3 is 10.8 Å². The minimum Gasteiger partial charge on any atom is -0.478 e. The predicted octanol–water partition coefficient (Wildman–Crippen LogP) is 4.76. The molecule has 3 rings (SSSR count). The molecule has 0 saturated heterocycles. The quantitative estimate of drug-likeness (QED) is 0.536. The fraction of sp³-hybridized carbons (Fsp3) is 0.0455. The molecule has 3 heteroatoms. The number of nitrogens with two attached hydrogens (primary N) is 1. The van der Waals surface area contributed by atoms with Gasteiger partial charge in [0.1, 0.15) is 0 Å². The molecule has 0 saturated carbocycles. The molecule has 0 aliphatic rings. The lowest BCUT2D eigenvalue weighted by Gasteiger charge is -2.11. The SMILES string of the molecule is Cc1cc(C(=CC(=O)O)c2ccc(-c3ccccc3)cc2)ccc1N. The molecule has 0 radical (unpaired) electrons. The molecule has 0 aliphatic heterocycles. The number of carboxylic acids is 1. The van der Waals surface area contributed by atoms with E-state index in [-0.39, 0.29) is 0 Å². The molecule has 0 heterocycles. The first-order valence-corrected chi connectivity index (χ1v) is 8.01. The predicted molar refractivity (Wildman–Crippen MR) is 102 cm³/mol. The molecule has 0 bridgehead atoms. The van der Waals surface area contributed by atoms with E-state index in [1.54, 1.807) is 6.07 Å². The normalized spacial score (nSPS) is 11.3. The summed E-state index contributed by atoms with van der Waals surface area (Å²) < 4.78 is 0. The van der Waals surface area contributed by atoms with Crippen molar-refractivity contribution in [2.75, 3.05) is 5.73 Å². The van der Waals surface area contributed by atoms with Crippen molar-refractivity contribution in [3.8, 4) is 11.1 Å². The van der Waals surface area contributed by atoms with Crippen LogP contribution < -0.4 is 5.73 Å². The number of hydrogen-bond acceptors (Lipinski definition) is 2. The summed E-state index contributed by atoms with van der Waals surface area (Å²) in [5, 5.41) is 9.26. The molecule has 0 amide bonds. The van der Waals surface area contributed by atoms with Gasteiger partial charge in [0, 0.05) is 11.8 Å². The molecule has 3 aromatic rings. The zero-order chi connectivity index (χ0) is 17.8. The van der Waals surface area contributed by atoms with Crippen LogP contribution in [0, 0.1) is 6.92 Å². The molecular formula is C22H19NO2. The molecule has 0 aliphatic carbocycles. The Morgan fingerprint density at radius 2 is 1.48 bits per heavy atom. The number of anilines is 1. The molecule has 0 aromatic heterocycles. The van der Waals surface area contributed by atoms with Crippen LogP contribution in [-0.4, -0.2) is 11.1 Å². The van der Waals surface area contributed by atoms with Crippen LogP contribution in [0.3, 0.4) is 0 Å². The molecule has 0 atom stereocenters. The molecule has 25 heavy (non-hydrogen) atoms. The first-order chi connectivity index (χ1) is 12.0. The van der Waals surface area contributed by atoms with Gasteiger partial charge in [0.05, 0.1) is 0 Å². The third-order valence-electron chi connectivity index (χ3n) is 4.15. The molecule has 0 spiro atoms. The number of rotatable bonds is 4. The zero-order valence-electron chi connectivity index (χ0n) is 13.9. The highest BCUT2D eigenvalue weighted by Crippen LogP contribution is 2.28. The highest BCUT2D eigenvalue weighted by atomic mass is 16.4. The van der Waals surface area contributed by atoms with Gasteiger partial charge in [0.15, 0.2) is 0 Å². The Labute approximate surface area is 147 Å². The van der Waals surface area contributed by atoms with E-state index in [9.17, 15) is 9.90 Å². The van der Waals surface area contributed by atoms with Crippen molar-refractivity contribution in [3.05, 3.63) is 95.6 Å². The smallest absolute Gasteiger partial charge is 0.328 e. The number of aliphatic carboxylic acids is 1. The van der Waals surface area contributed by atoms with Crippen LogP contribution in [0.2, 0.25) is 0 Å². The molecule has 0 fully saturated rings. The summed E-state index contributed by atoms with van der Waals surface area (Å²) in [6, 6.07) is 23.5. The van der Waals surface area contributed by atoms with Crippen molar-refractivity contribution in [2.45, 2.75) is 6.92 Å². The minimum atomic E-state index is -0.975. The Morgan fingerprint density at radius 1 is 0.880 bits per heavy atom. The van der Waals surface area contributed by atoms with Crippen LogP contribution in [0.15, 0.2) is 78.9 Å². The average Bonchev–Trinajstić information content (AvgIpc) is 2.63. The van der Waals surface area contributed by atoms with Crippen LogP contribution >= 0.6 is 0 Å². The maximum absolute atomic E-state index is 11.3. The lowest BCUT2D eigenvalue weighted by Crippen LogP contribution is -1.97. The van der Waals surface area contributed by atoms with Crippen LogP contribution in [0.25, 0.3) is 16.7 Å². The molecule has 124 valence electrons. The Hall–Kier alpha value is -3.33. The fourth-order valence-corrected chi connectivity index (χ4v) is 2.77. The van der Waals surface area contributed by atoms with Gasteiger partial charge in [-0.05, 0) is 52.4 Å². The van der Waals surface area contributed by atoms with E-state index in [4.69, 9.17) is 5.73 Å². The summed E-state index contributed by atoms with van der Waals surface area (Å²) in [5.74, 6) is -0.975. The van der Waals surface area contributed by atoms with Crippen LogP contribution in [-0.2, 0) is 4.79 Å². The van der Waals surface area contributed by atoms with E-state index in [0.29, 0.717) is 11.3 Å². The van der Waals surface area contributed by atoms with Crippen molar-refractivity contribution >= 4 is 17.2 Å². The third-order valence-corrected chi connectivity index (χ3v) is 4.15. The average molecular weight is 329 g/mol. The topological polar surface area (TPSA) is 63.3 Å². The van der Waals surface area contributed by atoms with E-state index in [2.05, 4.69) is 0 Å². The van der Waals surface area contributed by atoms with Gasteiger partial charge in [-0.2, -0.15) is 0 Å². The molecule has 0 unspecified atom stereocenters. The number of carboxylic acid groups (broad SMARTS) is 1. The second kappa shape index (κ2) is 7.05. The summed E-state index contributed by atoms with van der Waals surface area (Å²) in [5.41, 5.74) is 12.1. The van der Waals surface area contributed by atoms with E-state index < -0.39 is 5.97 Å². The second-order valence-electron chi connectivity index (χ2n) is 5.91. The maximum atomic E-state index is 11.3. The Kier molecular flexibility index (Phi) is 4.66. The standard InChI is InChI=1S/C22H19NO2/c1-15-13-19(11-12-21(15)23)20(14-22(24)25)18-9-7-17(8-10-18)16-5-3-2-4-6-16/h2-14H,23H2,1H3,(H,24,25). The molecular weight excluding hydrogens is 310 g/mol. The summed E-state index contributed by atoms with van der Waals surface area (Å²) >= 11 is 0. The lowest BCUT2D eigenvalue weighted by atomic mass is 9.94. The van der Waals surface area contributed by atoms with E-state index in [1.807, 2.05) is 73.7 Å². The fourth-order valence-electron chi connectivity index (χ4n) is 2.77. The van der Waals surface area contributed by atoms with Crippen molar-refractivity contribution in [1.82, 2.24) is 0 Å². The van der Waals surface area contributed by atoms with Crippen molar-refractivity contribution in [3.63, 3.8) is 0 Å². The molecule has 3 aromatic carbocycles. The largest absolute Gasteiger partial charge is 0.478 e. The lowest BCUT2D eigenvalue weighted by molar-refractivity contribution is -0.131. The summed E-state index contributed by atoms with van der Waals surface area (Å²) in [4.78, 5) is 11.3. The van der Waals surface area contributed by atoms with Crippen molar-refractivity contribution < 1.29 is 9.90 Å². The monoisotopic (exact) mass is 329 g/mol. The highest BCUT2D eigenvalue weighted by molar-refractivity contribution is 5.95. The summed E-state index contributed by atoms with van der Waals surface area (Å²) in [6.07, 6.45) is 1.24. The van der Waals surface area contributed by atoms with E-state index in [0.717, 1.165) is 27.8 Å². The van der Waals surface area contributed by atoms with Gasteiger partial charge >= 0.3 is 5.97 Å². The minimum absolute atomic E-state index is 0.662. The third kappa shape index (κ3) is 3.78. The van der Waals surface area contributed by atoms with Gasteiger partial charge in [-0.25, -0.2) is 4.79 Å². The van der Waals surface area contributed by atoms with E-state index >= 15 is 0 Å². The zero-order valence-corrected chi connectivity index (χ0v) is 13.9. The number of carbonyl (C=O) groups is 1. The van der Waals surface area contributed by atoms with Gasteiger partial charge in [-0.3, -0.25) is 0 Å². The summed E-state index contributed by atoms with van der Waals surface area (Å²) in [6.45, 7) is 1.91. The number of nitrogen functional groups attached to an aromatic ring is 1. The molecule has 3 nitrogen and oxygen atoms in total. The first-order valence-electron chi connectivity index (χ1n) is 8.01. The Morgan fingerprint density at radius 3 is 2.08 bits per heavy atom. The van der Waals surface area contributed by atoms with Gasteiger partial charge in [0.25, 0.3) is 0 Å². The van der Waals surface area contributed by atoms with Crippen molar-refractivity contribution in [1.29, 1.82) is 0 Å². The van der Waals surface area contributed by atoms with Crippen LogP contribution in [0.1, 0.15) is 16.7 Å². The van der Waals surface area contributed by atoms with Gasteiger partial charge in [-0.1, -0.05) is 60.7 Å². The Bertz CT molecular complexity index is 926. The van der Waals surface area contributed by atoms with Crippen LogP contribution in [0.4, 0.5) is 5.69 Å².